The van der Waals surface area contributed by atoms with Gasteiger partial charge in [-0.2, -0.15) is 0 Å². The number of nitrogens with one attached hydrogen (secondary N) is 1. The first-order valence-electron chi connectivity index (χ1n) is 7.90. The molecule has 0 heterocycles. The molecule has 0 fully saturated rings. The highest BCUT2D eigenvalue weighted by Crippen LogP contribution is 2.51. The molecule has 1 amide bonds. The van der Waals surface area contributed by atoms with Gasteiger partial charge in [-0.1, -0.05) is 36.4 Å². The average Bonchev–Trinajstić information content (AvgIpc) is 2.56. The maximum Gasteiger partial charge on any atom is 0.335 e. The maximum absolute atomic E-state index is 12.7. The Morgan fingerprint density at radius 2 is 1.54 bits per heavy atom. The minimum Gasteiger partial charge on any atom is -0.322 e. The monoisotopic (exact) mass is 347 g/mol. The molecule has 2 aromatic rings. The normalized spacial score (nSPS) is 11.2. The second-order valence-electron chi connectivity index (χ2n) is 5.08. The van der Waals surface area contributed by atoms with E-state index < -0.39 is 7.60 Å². The van der Waals surface area contributed by atoms with Gasteiger partial charge in [0.2, 0.25) is 0 Å². The van der Waals surface area contributed by atoms with Gasteiger partial charge >= 0.3 is 7.60 Å². The van der Waals surface area contributed by atoms with Gasteiger partial charge in [0, 0.05) is 11.3 Å². The lowest BCUT2D eigenvalue weighted by molar-refractivity contribution is 0.102. The fourth-order valence-corrected chi connectivity index (χ4v) is 4.07. The molecule has 0 bridgehead atoms. The average molecular weight is 347 g/mol. The molecule has 0 atom stereocenters. The number of carbonyl (C=O) groups excluding carboxylic acids is 1. The van der Waals surface area contributed by atoms with Crippen LogP contribution in [0, 0.1) is 0 Å². The first-order valence-corrected chi connectivity index (χ1v) is 9.63. The van der Waals surface area contributed by atoms with Crippen LogP contribution in [0.1, 0.15) is 29.8 Å². The van der Waals surface area contributed by atoms with Gasteiger partial charge in [-0.05, 0) is 37.6 Å². The van der Waals surface area contributed by atoms with Gasteiger partial charge in [-0.15, -0.1) is 0 Å². The molecular formula is C18H22NO4P. The van der Waals surface area contributed by atoms with Crippen LogP contribution < -0.4 is 5.32 Å². The number of amides is 1. The Balaban J connectivity index is 2.23. The first-order chi connectivity index (χ1) is 11.6. The Bertz CT molecular complexity index is 708. The van der Waals surface area contributed by atoms with E-state index in [0.717, 1.165) is 0 Å². The summed E-state index contributed by atoms with van der Waals surface area (Å²) < 4.78 is 23.4. The predicted octanol–water partition coefficient (Wildman–Crippen LogP) is 4.71. The van der Waals surface area contributed by atoms with Crippen molar-refractivity contribution in [3.63, 3.8) is 0 Å². The van der Waals surface area contributed by atoms with Crippen molar-refractivity contribution in [3.8, 4) is 0 Å². The molecule has 1 N–H and O–H groups in total. The molecule has 0 aliphatic rings. The number of anilines is 1. The molecule has 128 valence electrons. The summed E-state index contributed by atoms with van der Waals surface area (Å²) in [5.74, 6) is -0.253. The topological polar surface area (TPSA) is 64.6 Å². The summed E-state index contributed by atoms with van der Waals surface area (Å²) in [6, 6.07) is 16.2. The van der Waals surface area contributed by atoms with E-state index in [2.05, 4.69) is 5.32 Å². The van der Waals surface area contributed by atoms with E-state index in [0.29, 0.717) is 16.8 Å². The third-order valence-electron chi connectivity index (χ3n) is 3.31. The highest BCUT2D eigenvalue weighted by molar-refractivity contribution is 7.53. The molecule has 0 aliphatic heterocycles. The van der Waals surface area contributed by atoms with Gasteiger partial charge in [0.05, 0.1) is 19.4 Å². The lowest BCUT2D eigenvalue weighted by Crippen LogP contribution is -2.14. The van der Waals surface area contributed by atoms with Crippen LogP contribution in [0.2, 0.25) is 0 Å². The number of carbonyl (C=O) groups is 1. The van der Waals surface area contributed by atoms with Crippen LogP contribution in [-0.2, 0) is 19.8 Å². The van der Waals surface area contributed by atoms with Crippen molar-refractivity contribution in [1.82, 2.24) is 0 Å². The standard InChI is InChI=1S/C18H22NO4P/c1-3-22-24(21,23-4-2)14-15-10-8-9-13-17(15)18(20)19-16-11-6-5-7-12-16/h5-13H,3-4,14H2,1-2H3,(H,19,20). The van der Waals surface area contributed by atoms with E-state index in [9.17, 15) is 9.36 Å². The van der Waals surface area contributed by atoms with Gasteiger partial charge in [0.1, 0.15) is 0 Å². The van der Waals surface area contributed by atoms with Crippen molar-refractivity contribution in [2.45, 2.75) is 20.0 Å². The van der Waals surface area contributed by atoms with Crippen LogP contribution in [0.3, 0.4) is 0 Å². The lowest BCUT2D eigenvalue weighted by Gasteiger charge is -2.18. The van der Waals surface area contributed by atoms with E-state index >= 15 is 0 Å². The zero-order chi connectivity index (χ0) is 17.4. The van der Waals surface area contributed by atoms with E-state index in [1.54, 1.807) is 38.1 Å². The second-order valence-corrected chi connectivity index (χ2v) is 7.14. The van der Waals surface area contributed by atoms with Crippen molar-refractivity contribution in [1.29, 1.82) is 0 Å². The summed E-state index contributed by atoms with van der Waals surface area (Å²) in [7, 11) is -3.27. The van der Waals surface area contributed by atoms with E-state index in [4.69, 9.17) is 9.05 Å². The third-order valence-corrected chi connectivity index (χ3v) is 5.34. The van der Waals surface area contributed by atoms with Crippen LogP contribution >= 0.6 is 7.60 Å². The molecule has 0 saturated carbocycles. The molecule has 0 saturated heterocycles. The van der Waals surface area contributed by atoms with Crippen molar-refractivity contribution in [2.24, 2.45) is 0 Å². The molecule has 24 heavy (non-hydrogen) atoms. The molecule has 2 aromatic carbocycles. The Morgan fingerprint density at radius 3 is 2.17 bits per heavy atom. The van der Waals surface area contributed by atoms with Gasteiger partial charge < -0.3 is 14.4 Å². The molecule has 2 rings (SSSR count). The molecule has 0 aliphatic carbocycles. The Hall–Kier alpha value is -1.94. The minimum absolute atomic E-state index is 0.0626. The molecule has 6 heteroatoms. The highest BCUT2D eigenvalue weighted by Gasteiger charge is 2.26. The Kier molecular flexibility index (Phi) is 6.73. The minimum atomic E-state index is -3.27. The van der Waals surface area contributed by atoms with Crippen LogP contribution in [0.4, 0.5) is 5.69 Å². The van der Waals surface area contributed by atoms with Crippen LogP contribution in [0.25, 0.3) is 0 Å². The lowest BCUT2D eigenvalue weighted by atomic mass is 10.1. The summed E-state index contributed by atoms with van der Waals surface area (Å²) in [5, 5.41) is 2.84. The van der Waals surface area contributed by atoms with Gasteiger partial charge in [0.15, 0.2) is 0 Å². The zero-order valence-corrected chi connectivity index (χ0v) is 14.8. The largest absolute Gasteiger partial charge is 0.335 e. The molecule has 0 aromatic heterocycles. The molecular weight excluding hydrogens is 325 g/mol. The zero-order valence-electron chi connectivity index (χ0n) is 13.9. The SMILES string of the molecule is CCOP(=O)(Cc1ccccc1C(=O)Nc1ccccc1)OCC. The van der Waals surface area contributed by atoms with Crippen LogP contribution in [-0.4, -0.2) is 19.1 Å². The molecule has 0 radical (unpaired) electrons. The highest BCUT2D eigenvalue weighted by atomic mass is 31.2. The van der Waals surface area contributed by atoms with Crippen LogP contribution in [0.5, 0.6) is 0 Å². The predicted molar refractivity (Wildman–Crippen MR) is 95.4 cm³/mol. The van der Waals surface area contributed by atoms with Gasteiger partial charge in [-0.3, -0.25) is 9.36 Å². The van der Waals surface area contributed by atoms with Crippen molar-refractivity contribution in [3.05, 3.63) is 65.7 Å². The third kappa shape index (κ3) is 5.03. The smallest absolute Gasteiger partial charge is 0.322 e. The first kappa shape index (κ1) is 18.4. The summed E-state index contributed by atoms with van der Waals surface area (Å²) in [6.45, 7) is 4.10. The molecule has 0 spiro atoms. The van der Waals surface area contributed by atoms with E-state index in [-0.39, 0.29) is 25.3 Å². The Morgan fingerprint density at radius 1 is 0.958 bits per heavy atom. The number of benzene rings is 2. The maximum atomic E-state index is 12.7. The molecule has 5 nitrogen and oxygen atoms in total. The summed E-state index contributed by atoms with van der Waals surface area (Å²) in [4.78, 5) is 12.6. The van der Waals surface area contributed by atoms with E-state index in [1.165, 1.54) is 0 Å². The molecule has 0 unspecified atom stereocenters. The fourth-order valence-electron chi connectivity index (χ4n) is 2.33. The van der Waals surface area contributed by atoms with Gasteiger partial charge in [0.25, 0.3) is 5.91 Å². The number of hydrogen-bond acceptors (Lipinski definition) is 4. The van der Waals surface area contributed by atoms with Crippen molar-refractivity contribution >= 4 is 19.2 Å². The fraction of sp³-hybridized carbons (Fsp3) is 0.278. The van der Waals surface area contributed by atoms with Gasteiger partial charge in [-0.25, -0.2) is 0 Å². The summed E-state index contributed by atoms with van der Waals surface area (Å²) in [5.41, 5.74) is 1.80. The van der Waals surface area contributed by atoms with Crippen LogP contribution in [0.15, 0.2) is 54.6 Å². The quantitative estimate of drug-likeness (QED) is 0.703. The second kappa shape index (κ2) is 8.78. The van der Waals surface area contributed by atoms with Crippen molar-refractivity contribution < 1.29 is 18.4 Å². The summed E-state index contributed by atoms with van der Waals surface area (Å²) in [6.07, 6.45) is 0.0626. The Labute approximate surface area is 142 Å². The van der Waals surface area contributed by atoms with E-state index in [1.807, 2.05) is 30.3 Å². The number of rotatable bonds is 8. The number of hydrogen-bond donors (Lipinski definition) is 1. The summed E-state index contributed by atoms with van der Waals surface area (Å²) >= 11 is 0. The van der Waals surface area contributed by atoms with Crippen molar-refractivity contribution in [2.75, 3.05) is 18.5 Å². The number of para-hydroxylation sites is 1.